The van der Waals surface area contributed by atoms with E-state index in [-0.39, 0.29) is 12.8 Å². The average molecular weight is 997 g/mol. The van der Waals surface area contributed by atoms with Crippen LogP contribution < -0.4 is 0 Å². The molecule has 1 fully saturated rings. The monoisotopic (exact) mass is 996 g/mol. The van der Waals surface area contributed by atoms with Crippen molar-refractivity contribution in [3.05, 3.63) is 12.2 Å². The van der Waals surface area contributed by atoms with Gasteiger partial charge in [-0.25, -0.2) is 13.7 Å². The van der Waals surface area contributed by atoms with E-state index in [4.69, 9.17) is 18.5 Å². The first-order valence-corrected chi connectivity index (χ1v) is 28.5. The van der Waals surface area contributed by atoms with Crippen molar-refractivity contribution in [2.45, 2.75) is 236 Å². The van der Waals surface area contributed by atoms with E-state index in [9.17, 15) is 63.1 Å². The molecule has 1 aliphatic carbocycles. The molecule has 0 aromatic heterocycles. The molecule has 19 nitrogen and oxygen atoms in total. The van der Waals surface area contributed by atoms with E-state index in [2.05, 4.69) is 35.0 Å². The van der Waals surface area contributed by atoms with Crippen LogP contribution in [0.25, 0.3) is 0 Å². The summed E-state index contributed by atoms with van der Waals surface area (Å²) in [7, 11) is -16.6. The van der Waals surface area contributed by atoms with E-state index in [0.717, 1.165) is 64.2 Å². The van der Waals surface area contributed by atoms with E-state index in [1.165, 1.54) is 89.9 Å². The molecule has 1 saturated carbocycles. The van der Waals surface area contributed by atoms with Gasteiger partial charge < -0.3 is 49.3 Å². The van der Waals surface area contributed by atoms with Crippen LogP contribution in [0, 0.1) is 0 Å². The summed E-state index contributed by atoms with van der Waals surface area (Å²) in [5, 5.41) is 31.9. The minimum absolute atomic E-state index is 0.00793. The van der Waals surface area contributed by atoms with Gasteiger partial charge in [0.2, 0.25) is 0 Å². The Hall–Kier alpha value is -1.11. The second-order valence-electron chi connectivity index (χ2n) is 17.0. The zero-order chi connectivity index (χ0) is 48.6. The first kappa shape index (κ1) is 61.9. The van der Waals surface area contributed by atoms with Gasteiger partial charge in [-0.1, -0.05) is 154 Å². The number of allylic oxidation sites excluding steroid dienone is 2. The van der Waals surface area contributed by atoms with Crippen molar-refractivity contribution < 1.29 is 90.6 Å². The highest BCUT2D eigenvalue weighted by Crippen LogP contribution is 2.51. The SMILES string of the molecule is CCCCCCCC/C=C\CCCCCCCC(=O)O[C@H](COC(=O)CCCCCCCCCCCCCCC)COP(=O)(O)O[C@@H]1[C@H](O)[C@H](O)[C@@H](OP(=O)(O)O)[C@H](OP(=O)(O)O)[C@H]1O. The van der Waals surface area contributed by atoms with Crippen molar-refractivity contribution in [1.29, 1.82) is 0 Å². The molecule has 0 aliphatic heterocycles. The summed E-state index contributed by atoms with van der Waals surface area (Å²) in [6.07, 6.45) is 16.6. The van der Waals surface area contributed by atoms with Crippen LogP contribution in [0.2, 0.25) is 0 Å². The minimum atomic E-state index is -5.60. The highest BCUT2D eigenvalue weighted by atomic mass is 31.2. The molecule has 0 spiro atoms. The average Bonchev–Trinajstić information content (AvgIpc) is 3.23. The maximum absolute atomic E-state index is 13.1. The van der Waals surface area contributed by atoms with Crippen molar-refractivity contribution in [2.75, 3.05) is 13.2 Å². The van der Waals surface area contributed by atoms with Crippen molar-refractivity contribution in [2.24, 2.45) is 0 Å². The Balaban J connectivity index is 2.74. The molecule has 0 aromatic carbocycles. The molecule has 0 saturated heterocycles. The van der Waals surface area contributed by atoms with Crippen molar-refractivity contribution in [3.63, 3.8) is 0 Å². The fourth-order valence-electron chi connectivity index (χ4n) is 7.46. The summed E-state index contributed by atoms with van der Waals surface area (Å²) in [6.45, 7) is 2.94. The van der Waals surface area contributed by atoms with E-state index < -0.39 is 91.3 Å². The number of phosphoric ester groups is 3. The van der Waals surface area contributed by atoms with Gasteiger partial charge in [0.25, 0.3) is 0 Å². The quantitative estimate of drug-likeness (QED) is 0.0123. The van der Waals surface area contributed by atoms with Crippen LogP contribution in [-0.2, 0) is 50.9 Å². The summed E-state index contributed by atoms with van der Waals surface area (Å²) >= 11 is 0. The molecule has 384 valence electrons. The Morgan fingerprint density at radius 2 is 0.846 bits per heavy atom. The number of aliphatic hydroxyl groups is 3. The van der Waals surface area contributed by atoms with Crippen molar-refractivity contribution >= 4 is 35.4 Å². The Labute approximate surface area is 386 Å². The highest BCUT2D eigenvalue weighted by molar-refractivity contribution is 7.47. The Morgan fingerprint density at radius 1 is 0.477 bits per heavy atom. The van der Waals surface area contributed by atoms with Gasteiger partial charge in [-0.15, -0.1) is 0 Å². The lowest BCUT2D eigenvalue weighted by Crippen LogP contribution is -2.65. The summed E-state index contributed by atoms with van der Waals surface area (Å²) < 4.78 is 65.4. The lowest BCUT2D eigenvalue weighted by atomic mass is 9.85. The maximum atomic E-state index is 13.1. The van der Waals surface area contributed by atoms with Crippen LogP contribution in [0.5, 0.6) is 0 Å². The molecule has 0 amide bonds. The predicted molar refractivity (Wildman–Crippen MR) is 243 cm³/mol. The van der Waals surface area contributed by atoms with Gasteiger partial charge >= 0.3 is 35.4 Å². The number of rotatable bonds is 41. The van der Waals surface area contributed by atoms with Crippen LogP contribution >= 0.6 is 23.5 Å². The van der Waals surface area contributed by atoms with Gasteiger partial charge in [0.05, 0.1) is 6.61 Å². The zero-order valence-electron chi connectivity index (χ0n) is 38.8. The van der Waals surface area contributed by atoms with Crippen molar-refractivity contribution in [1.82, 2.24) is 0 Å². The van der Waals surface area contributed by atoms with Crippen LogP contribution in [-0.4, -0.2) is 108 Å². The molecule has 0 bridgehead atoms. The zero-order valence-corrected chi connectivity index (χ0v) is 41.5. The number of ether oxygens (including phenoxy) is 2. The van der Waals surface area contributed by atoms with E-state index in [1.54, 1.807) is 0 Å². The van der Waals surface area contributed by atoms with Crippen LogP contribution in [0.15, 0.2) is 12.2 Å². The summed E-state index contributed by atoms with van der Waals surface area (Å²) in [5.41, 5.74) is 0. The molecule has 8 atom stereocenters. The summed E-state index contributed by atoms with van der Waals surface area (Å²) in [5.74, 6) is -1.30. The van der Waals surface area contributed by atoms with Gasteiger partial charge in [-0.3, -0.25) is 27.7 Å². The highest BCUT2D eigenvalue weighted by Gasteiger charge is 2.56. The molecule has 0 radical (unpaired) electrons. The Morgan fingerprint density at radius 3 is 1.28 bits per heavy atom. The normalized spacial score (nSPS) is 21.9. The molecule has 1 unspecified atom stereocenters. The molecular weight excluding hydrogens is 913 g/mol. The number of carbonyl (C=O) groups is 2. The standard InChI is InChI=1S/C43H83O19P3/c1-3-5-7-9-11-13-15-17-18-20-22-24-26-28-30-32-37(45)59-35(33-57-36(44)31-29-27-25-23-21-19-16-14-12-10-8-6-4-2)34-58-65(55,56)62-41-38(46)39(47)42(60-63(49,50)51)43(40(41)48)61-64(52,53)54/h17-18,35,38-43,46-48H,3-16,19-34H2,1-2H3,(H,55,56)(H2,49,50,51)(H2,52,53,54)/b18-17-/t35-,38-,39+,40+,41-,42-,43-/m1/s1. The van der Waals surface area contributed by atoms with Crippen molar-refractivity contribution in [3.8, 4) is 0 Å². The summed E-state index contributed by atoms with van der Waals surface area (Å²) in [6, 6.07) is 0. The molecule has 0 heterocycles. The number of carbonyl (C=O) groups excluding carboxylic acids is 2. The lowest BCUT2D eigenvalue weighted by molar-refractivity contribution is -0.213. The number of phosphoric acid groups is 3. The van der Waals surface area contributed by atoms with Gasteiger partial charge in [-0.05, 0) is 38.5 Å². The van der Waals surface area contributed by atoms with Crippen LogP contribution in [0.1, 0.15) is 194 Å². The van der Waals surface area contributed by atoms with E-state index in [1.807, 2.05) is 0 Å². The Bertz CT molecular complexity index is 1420. The minimum Gasteiger partial charge on any atom is -0.462 e. The fourth-order valence-corrected chi connectivity index (χ4v) is 9.56. The molecular formula is C43H83O19P3. The van der Waals surface area contributed by atoms with Gasteiger partial charge in [0.15, 0.2) is 6.10 Å². The molecule has 1 aliphatic rings. The predicted octanol–water partition coefficient (Wildman–Crippen LogP) is 8.51. The first-order valence-electron chi connectivity index (χ1n) is 24.0. The topological polar surface area (TPSA) is 303 Å². The number of unbranched alkanes of at least 4 members (excludes halogenated alkanes) is 23. The largest absolute Gasteiger partial charge is 0.472 e. The van der Waals surface area contributed by atoms with Gasteiger partial charge in [-0.2, -0.15) is 0 Å². The van der Waals surface area contributed by atoms with E-state index in [0.29, 0.717) is 12.8 Å². The molecule has 0 aromatic rings. The van der Waals surface area contributed by atoms with Crippen LogP contribution in [0.3, 0.4) is 0 Å². The third-order valence-electron chi connectivity index (χ3n) is 11.1. The number of esters is 2. The first-order chi connectivity index (χ1) is 30.8. The molecule has 22 heteroatoms. The molecule has 65 heavy (non-hydrogen) atoms. The number of hydrogen-bond acceptors (Lipinski definition) is 14. The molecule has 1 rings (SSSR count). The van der Waals surface area contributed by atoms with Gasteiger partial charge in [0, 0.05) is 12.8 Å². The lowest BCUT2D eigenvalue weighted by Gasteiger charge is -2.44. The summed E-state index contributed by atoms with van der Waals surface area (Å²) in [4.78, 5) is 73.1. The number of hydrogen-bond donors (Lipinski definition) is 8. The maximum Gasteiger partial charge on any atom is 0.472 e. The fraction of sp³-hybridized carbons (Fsp3) is 0.907. The van der Waals surface area contributed by atoms with Crippen LogP contribution in [0.4, 0.5) is 0 Å². The van der Waals surface area contributed by atoms with Gasteiger partial charge in [0.1, 0.15) is 43.2 Å². The third-order valence-corrected chi connectivity index (χ3v) is 13.1. The third kappa shape index (κ3) is 32.4. The Kier molecular flexibility index (Phi) is 34.2. The number of aliphatic hydroxyl groups excluding tert-OH is 3. The smallest absolute Gasteiger partial charge is 0.462 e. The van der Waals surface area contributed by atoms with E-state index >= 15 is 0 Å². The molecule has 8 N–H and O–H groups in total. The second kappa shape index (κ2) is 35.9. The second-order valence-corrected chi connectivity index (χ2v) is 20.8.